The third-order valence-electron chi connectivity index (χ3n) is 3.65. The van der Waals surface area contributed by atoms with Crippen LogP contribution in [0.15, 0.2) is 48.0 Å². The molecule has 0 radical (unpaired) electrons. The van der Waals surface area contributed by atoms with Crippen molar-refractivity contribution in [2.24, 2.45) is 0 Å². The van der Waals surface area contributed by atoms with Gasteiger partial charge in [-0.05, 0) is 44.6 Å². The van der Waals surface area contributed by atoms with Crippen LogP contribution >= 0.6 is 11.3 Å². The minimum absolute atomic E-state index is 0.963. The maximum atomic E-state index is 4.61. The number of para-hydroxylation sites is 1. The van der Waals surface area contributed by atoms with Gasteiger partial charge in [0.25, 0.3) is 0 Å². The van der Waals surface area contributed by atoms with Gasteiger partial charge in [-0.15, -0.1) is 11.3 Å². The van der Waals surface area contributed by atoms with Crippen molar-refractivity contribution in [1.29, 1.82) is 0 Å². The molecule has 0 fully saturated rings. The Hall–Kier alpha value is -1.91. The van der Waals surface area contributed by atoms with Crippen LogP contribution < -0.4 is 5.32 Å². The number of aromatic nitrogens is 1. The smallest absolute Gasteiger partial charge is 0.0723 e. The van der Waals surface area contributed by atoms with Gasteiger partial charge < -0.3 is 10.2 Å². The maximum absolute atomic E-state index is 4.61. The van der Waals surface area contributed by atoms with Gasteiger partial charge >= 0.3 is 0 Å². The average Bonchev–Trinajstić information content (AvgIpc) is 3.05. The molecule has 4 heteroatoms. The van der Waals surface area contributed by atoms with Crippen molar-refractivity contribution >= 4 is 27.9 Å². The second-order valence-electron chi connectivity index (χ2n) is 5.62. The molecular formula is C18H21N3S. The normalized spacial score (nSPS) is 11.2. The van der Waals surface area contributed by atoms with Crippen molar-refractivity contribution in [2.75, 3.05) is 32.5 Å². The van der Waals surface area contributed by atoms with Gasteiger partial charge in [-0.2, -0.15) is 0 Å². The van der Waals surface area contributed by atoms with Gasteiger partial charge in [-0.3, -0.25) is 4.98 Å². The van der Waals surface area contributed by atoms with Gasteiger partial charge in [0.05, 0.1) is 11.2 Å². The summed E-state index contributed by atoms with van der Waals surface area (Å²) in [4.78, 5) is 8.09. The lowest BCUT2D eigenvalue weighted by Crippen LogP contribution is -2.16. The highest BCUT2D eigenvalue weighted by Gasteiger charge is 2.11. The Morgan fingerprint density at radius 1 is 1.14 bits per heavy atom. The molecule has 2 aromatic heterocycles. The molecule has 1 N–H and O–H groups in total. The second-order valence-corrected chi connectivity index (χ2v) is 6.57. The predicted octanol–water partition coefficient (Wildman–Crippen LogP) is 4.33. The van der Waals surface area contributed by atoms with Crippen LogP contribution in [0.4, 0.5) is 5.69 Å². The molecule has 114 valence electrons. The molecule has 0 aliphatic rings. The molecule has 0 saturated carbocycles. The van der Waals surface area contributed by atoms with E-state index in [1.54, 1.807) is 11.3 Å². The molecule has 0 saturated heterocycles. The fourth-order valence-electron chi connectivity index (χ4n) is 2.56. The zero-order valence-electron chi connectivity index (χ0n) is 13.0. The van der Waals surface area contributed by atoms with Crippen molar-refractivity contribution < 1.29 is 0 Å². The van der Waals surface area contributed by atoms with Crippen molar-refractivity contribution in [3.63, 3.8) is 0 Å². The summed E-state index contributed by atoms with van der Waals surface area (Å²) in [5.74, 6) is 0. The van der Waals surface area contributed by atoms with E-state index in [0.717, 1.165) is 25.0 Å². The SMILES string of the molecule is CN(C)CCCNc1c(-c2cccs2)cnc2ccccc12. The molecule has 0 atom stereocenters. The van der Waals surface area contributed by atoms with E-state index in [-0.39, 0.29) is 0 Å². The van der Waals surface area contributed by atoms with E-state index >= 15 is 0 Å². The van der Waals surface area contributed by atoms with E-state index in [1.165, 1.54) is 21.5 Å². The quantitative estimate of drug-likeness (QED) is 0.687. The van der Waals surface area contributed by atoms with Crippen LogP contribution in [0, 0.1) is 0 Å². The molecule has 3 rings (SSSR count). The Bertz CT molecular complexity index is 735. The molecule has 0 amide bonds. The number of fused-ring (bicyclic) bond motifs is 1. The van der Waals surface area contributed by atoms with Crippen molar-refractivity contribution in [3.05, 3.63) is 48.0 Å². The summed E-state index contributed by atoms with van der Waals surface area (Å²) >= 11 is 1.75. The van der Waals surface area contributed by atoms with Crippen molar-refractivity contribution in [1.82, 2.24) is 9.88 Å². The van der Waals surface area contributed by atoms with E-state index in [4.69, 9.17) is 0 Å². The van der Waals surface area contributed by atoms with E-state index in [0.29, 0.717) is 0 Å². The molecule has 0 aliphatic heterocycles. The van der Waals surface area contributed by atoms with E-state index in [1.807, 2.05) is 12.3 Å². The molecule has 3 nitrogen and oxygen atoms in total. The monoisotopic (exact) mass is 311 g/mol. The standard InChI is InChI=1S/C18H21N3S/c1-21(2)11-6-10-19-18-14-7-3-4-8-16(14)20-13-15(18)17-9-5-12-22-17/h3-5,7-9,12-13H,6,10-11H2,1-2H3,(H,19,20). The summed E-state index contributed by atoms with van der Waals surface area (Å²) in [7, 11) is 4.22. The van der Waals surface area contributed by atoms with Gasteiger partial charge in [0.15, 0.2) is 0 Å². The van der Waals surface area contributed by atoms with Crippen LogP contribution in [-0.4, -0.2) is 37.1 Å². The van der Waals surface area contributed by atoms with Gasteiger partial charge in [0.1, 0.15) is 0 Å². The summed E-state index contributed by atoms with van der Waals surface area (Å²) in [5.41, 5.74) is 3.43. The number of rotatable bonds is 6. The number of hydrogen-bond acceptors (Lipinski definition) is 4. The van der Waals surface area contributed by atoms with Gasteiger partial charge in [0, 0.05) is 28.6 Å². The van der Waals surface area contributed by atoms with E-state index < -0.39 is 0 Å². The molecule has 22 heavy (non-hydrogen) atoms. The second kappa shape index (κ2) is 6.90. The Morgan fingerprint density at radius 2 is 2.00 bits per heavy atom. The lowest BCUT2D eigenvalue weighted by Gasteiger charge is -2.15. The first-order chi connectivity index (χ1) is 10.8. The minimum Gasteiger partial charge on any atom is -0.384 e. The first-order valence-corrected chi connectivity index (χ1v) is 8.44. The molecule has 3 aromatic rings. The summed E-state index contributed by atoms with van der Waals surface area (Å²) in [6.07, 6.45) is 3.11. The van der Waals surface area contributed by atoms with Crippen molar-refractivity contribution in [3.8, 4) is 10.4 Å². The summed E-state index contributed by atoms with van der Waals surface area (Å²) < 4.78 is 0. The molecule has 2 heterocycles. The summed E-state index contributed by atoms with van der Waals surface area (Å²) in [6.45, 7) is 2.05. The third-order valence-corrected chi connectivity index (χ3v) is 4.55. The Balaban J connectivity index is 1.94. The zero-order valence-corrected chi connectivity index (χ0v) is 13.9. The number of anilines is 1. The van der Waals surface area contributed by atoms with Crippen molar-refractivity contribution in [2.45, 2.75) is 6.42 Å². The van der Waals surface area contributed by atoms with Crippen LogP contribution in [0.1, 0.15) is 6.42 Å². The Morgan fingerprint density at radius 3 is 2.77 bits per heavy atom. The number of pyridine rings is 1. The van der Waals surface area contributed by atoms with E-state index in [9.17, 15) is 0 Å². The van der Waals surface area contributed by atoms with Gasteiger partial charge in [-0.25, -0.2) is 0 Å². The lowest BCUT2D eigenvalue weighted by atomic mass is 10.1. The largest absolute Gasteiger partial charge is 0.384 e. The fraction of sp³-hybridized carbons (Fsp3) is 0.278. The lowest BCUT2D eigenvalue weighted by molar-refractivity contribution is 0.405. The number of thiophene rings is 1. The highest BCUT2D eigenvalue weighted by Crippen LogP contribution is 2.35. The zero-order chi connectivity index (χ0) is 15.4. The molecule has 0 unspecified atom stereocenters. The fourth-order valence-corrected chi connectivity index (χ4v) is 3.30. The molecule has 0 bridgehead atoms. The van der Waals surface area contributed by atoms with E-state index in [2.05, 4.69) is 65.0 Å². The third kappa shape index (κ3) is 3.29. The number of nitrogens with one attached hydrogen (secondary N) is 1. The first kappa shape index (κ1) is 15.0. The van der Waals surface area contributed by atoms with Crippen LogP contribution in [-0.2, 0) is 0 Å². The molecule has 1 aromatic carbocycles. The van der Waals surface area contributed by atoms with Crippen LogP contribution in [0.3, 0.4) is 0 Å². The highest BCUT2D eigenvalue weighted by atomic mass is 32.1. The number of benzene rings is 1. The minimum atomic E-state index is 0.963. The average molecular weight is 311 g/mol. The highest BCUT2D eigenvalue weighted by molar-refractivity contribution is 7.13. The maximum Gasteiger partial charge on any atom is 0.0723 e. The van der Waals surface area contributed by atoms with Crippen LogP contribution in [0.2, 0.25) is 0 Å². The van der Waals surface area contributed by atoms with Gasteiger partial charge in [0.2, 0.25) is 0 Å². The predicted molar refractivity (Wildman–Crippen MR) is 96.7 cm³/mol. The number of hydrogen-bond donors (Lipinski definition) is 1. The van der Waals surface area contributed by atoms with Gasteiger partial charge in [-0.1, -0.05) is 24.3 Å². The Kier molecular flexibility index (Phi) is 4.71. The topological polar surface area (TPSA) is 28.2 Å². The molecular weight excluding hydrogens is 290 g/mol. The summed E-state index contributed by atoms with van der Waals surface area (Å²) in [5, 5.41) is 6.94. The molecule has 0 aliphatic carbocycles. The Labute approximate surface area is 135 Å². The molecule has 0 spiro atoms. The number of nitrogens with zero attached hydrogens (tertiary/aromatic N) is 2. The summed E-state index contributed by atoms with van der Waals surface area (Å²) in [6, 6.07) is 12.6. The van der Waals surface area contributed by atoms with Crippen LogP contribution in [0.25, 0.3) is 21.3 Å². The first-order valence-electron chi connectivity index (χ1n) is 7.56. The van der Waals surface area contributed by atoms with Crippen LogP contribution in [0.5, 0.6) is 0 Å².